The van der Waals surface area contributed by atoms with E-state index in [-0.39, 0.29) is 23.4 Å². The molecule has 0 bridgehead atoms. The van der Waals surface area contributed by atoms with Crippen molar-refractivity contribution in [3.05, 3.63) is 0 Å². The van der Waals surface area contributed by atoms with Gasteiger partial charge in [-0.25, -0.2) is 0 Å². The van der Waals surface area contributed by atoms with Gasteiger partial charge in [0.25, 0.3) is 0 Å². The summed E-state index contributed by atoms with van der Waals surface area (Å²) in [6.45, 7) is 3.89. The van der Waals surface area contributed by atoms with Gasteiger partial charge in [0.2, 0.25) is 0 Å². The van der Waals surface area contributed by atoms with Crippen molar-refractivity contribution >= 4 is 0 Å². The van der Waals surface area contributed by atoms with Gasteiger partial charge in [0, 0.05) is 5.41 Å². The number of hydrogen-bond acceptors (Lipinski definition) is 5. The monoisotopic (exact) mass is 368 g/mol. The Morgan fingerprint density at radius 3 is 2.46 bits per heavy atom. The smallest absolute Gasteiger partial charge is 0.106 e. The molecule has 0 radical (unpaired) electrons. The summed E-state index contributed by atoms with van der Waals surface area (Å²) in [6.07, 6.45) is 4.70. The molecular formula is C21H36O5. The van der Waals surface area contributed by atoms with Crippen LogP contribution in [0.5, 0.6) is 0 Å². The van der Waals surface area contributed by atoms with Gasteiger partial charge in [-0.1, -0.05) is 13.8 Å². The standard InChI is InChI=1S/C21H36O5/c1-19-7-5-13(23)9-12(19)3-4-14-15-6-8-21(26,17(25)11-22)20(15,2)10-16(24)18(14)19/h12-18,22-26H,3-11H2,1-2H3/t12-,13-,14+,15+,16+,17+,18?,19+,20+,21+/m1/s1. The Morgan fingerprint density at radius 2 is 1.77 bits per heavy atom. The third kappa shape index (κ3) is 2.33. The van der Waals surface area contributed by atoms with Crippen molar-refractivity contribution in [2.45, 2.75) is 89.1 Å². The van der Waals surface area contributed by atoms with E-state index in [9.17, 15) is 25.5 Å². The summed E-state index contributed by atoms with van der Waals surface area (Å²) in [5, 5.41) is 52.5. The highest BCUT2D eigenvalue weighted by Gasteiger charge is 2.68. The highest BCUT2D eigenvalue weighted by atomic mass is 16.4. The van der Waals surface area contributed by atoms with E-state index >= 15 is 0 Å². The Kier molecular flexibility index (Phi) is 4.52. The maximum Gasteiger partial charge on any atom is 0.106 e. The van der Waals surface area contributed by atoms with Crippen LogP contribution in [-0.4, -0.2) is 56.1 Å². The lowest BCUT2D eigenvalue weighted by Gasteiger charge is -2.63. The van der Waals surface area contributed by atoms with Gasteiger partial charge >= 0.3 is 0 Å². The molecule has 0 aromatic carbocycles. The quantitative estimate of drug-likeness (QED) is 0.508. The number of fused-ring (bicyclic) bond motifs is 5. The van der Waals surface area contributed by atoms with Gasteiger partial charge in [-0.05, 0) is 80.5 Å². The summed E-state index contributed by atoms with van der Waals surface area (Å²) in [5.74, 6) is 1.29. The maximum atomic E-state index is 11.3. The third-order valence-electron chi connectivity index (χ3n) is 9.51. The van der Waals surface area contributed by atoms with Gasteiger partial charge < -0.3 is 25.5 Å². The van der Waals surface area contributed by atoms with Crippen LogP contribution in [-0.2, 0) is 0 Å². The molecule has 5 N–H and O–H groups in total. The average Bonchev–Trinajstić information content (AvgIpc) is 2.86. The van der Waals surface area contributed by atoms with Crippen LogP contribution in [0.25, 0.3) is 0 Å². The summed E-state index contributed by atoms with van der Waals surface area (Å²) in [7, 11) is 0. The lowest BCUT2D eigenvalue weighted by molar-refractivity contribution is -0.224. The molecule has 0 saturated heterocycles. The van der Waals surface area contributed by atoms with Gasteiger partial charge in [0.05, 0.1) is 24.4 Å². The van der Waals surface area contributed by atoms with Crippen molar-refractivity contribution < 1.29 is 25.5 Å². The van der Waals surface area contributed by atoms with E-state index in [4.69, 9.17) is 0 Å². The fourth-order valence-electron chi connectivity index (χ4n) is 8.10. The van der Waals surface area contributed by atoms with Crippen LogP contribution in [0.15, 0.2) is 0 Å². The minimum absolute atomic E-state index is 0.0548. The SMILES string of the molecule is C[C@]12C[C@H](O)C3[C@@H](CC[C@@H]4C[C@H](O)CC[C@]34C)[C@@H]1CC[C@]2(O)[C@@H](O)CO. The fraction of sp³-hybridized carbons (Fsp3) is 1.00. The molecule has 4 aliphatic rings. The summed E-state index contributed by atoms with van der Waals surface area (Å²) < 4.78 is 0. The van der Waals surface area contributed by atoms with Crippen LogP contribution < -0.4 is 0 Å². The third-order valence-corrected chi connectivity index (χ3v) is 9.51. The van der Waals surface area contributed by atoms with E-state index in [1.807, 2.05) is 6.92 Å². The highest BCUT2D eigenvalue weighted by Crippen LogP contribution is 2.68. The first-order valence-electron chi connectivity index (χ1n) is 10.5. The van der Waals surface area contributed by atoms with Crippen LogP contribution in [0.1, 0.15) is 65.2 Å². The molecule has 0 aromatic rings. The minimum Gasteiger partial charge on any atom is -0.394 e. The zero-order valence-electron chi connectivity index (χ0n) is 16.1. The molecule has 0 heterocycles. The van der Waals surface area contributed by atoms with Gasteiger partial charge in [0.1, 0.15) is 6.10 Å². The first-order valence-corrected chi connectivity index (χ1v) is 10.5. The van der Waals surface area contributed by atoms with Crippen molar-refractivity contribution in [3.8, 4) is 0 Å². The summed E-state index contributed by atoms with van der Waals surface area (Å²) in [6, 6.07) is 0. The summed E-state index contributed by atoms with van der Waals surface area (Å²) in [4.78, 5) is 0. The molecule has 4 rings (SSSR count). The predicted octanol–water partition coefficient (Wildman–Crippen LogP) is 1.45. The molecule has 4 aliphatic carbocycles. The molecule has 150 valence electrons. The number of hydrogen-bond donors (Lipinski definition) is 5. The van der Waals surface area contributed by atoms with Crippen LogP contribution in [0.2, 0.25) is 0 Å². The first-order chi connectivity index (χ1) is 12.2. The molecule has 26 heavy (non-hydrogen) atoms. The second-order valence-electron chi connectivity index (χ2n) is 10.4. The van der Waals surface area contributed by atoms with Gasteiger partial charge in [-0.2, -0.15) is 0 Å². The van der Waals surface area contributed by atoms with Crippen LogP contribution in [0.4, 0.5) is 0 Å². The number of rotatable bonds is 2. The van der Waals surface area contributed by atoms with Crippen molar-refractivity contribution in [2.24, 2.45) is 34.5 Å². The summed E-state index contributed by atoms with van der Waals surface area (Å²) in [5.41, 5.74) is -1.83. The van der Waals surface area contributed by atoms with Crippen molar-refractivity contribution in [3.63, 3.8) is 0 Å². The van der Waals surface area contributed by atoms with Crippen molar-refractivity contribution in [1.29, 1.82) is 0 Å². The van der Waals surface area contributed by atoms with Gasteiger partial charge in [0.15, 0.2) is 0 Å². The molecule has 0 aromatic heterocycles. The Morgan fingerprint density at radius 1 is 1.04 bits per heavy atom. The zero-order valence-corrected chi connectivity index (χ0v) is 16.1. The second kappa shape index (κ2) is 6.15. The molecule has 4 saturated carbocycles. The largest absolute Gasteiger partial charge is 0.394 e. The molecule has 1 unspecified atom stereocenters. The van der Waals surface area contributed by atoms with E-state index in [2.05, 4.69) is 6.92 Å². The lowest BCUT2D eigenvalue weighted by atomic mass is 9.43. The van der Waals surface area contributed by atoms with E-state index in [0.717, 1.165) is 38.5 Å². The number of aliphatic hydroxyl groups is 5. The summed E-state index contributed by atoms with van der Waals surface area (Å²) >= 11 is 0. The number of aliphatic hydroxyl groups excluding tert-OH is 4. The lowest BCUT2D eigenvalue weighted by Crippen LogP contribution is -2.64. The Labute approximate surface area is 156 Å². The second-order valence-corrected chi connectivity index (χ2v) is 10.4. The Balaban J connectivity index is 1.68. The first kappa shape index (κ1) is 19.1. The zero-order chi connectivity index (χ0) is 18.9. The molecule has 10 atom stereocenters. The minimum atomic E-state index is -1.32. The Hall–Kier alpha value is -0.200. The maximum absolute atomic E-state index is 11.3. The van der Waals surface area contributed by atoms with Gasteiger partial charge in [-0.15, -0.1) is 0 Å². The van der Waals surface area contributed by atoms with Crippen molar-refractivity contribution in [2.75, 3.05) is 6.61 Å². The van der Waals surface area contributed by atoms with Crippen LogP contribution in [0.3, 0.4) is 0 Å². The molecular weight excluding hydrogens is 332 g/mol. The van der Waals surface area contributed by atoms with E-state index in [0.29, 0.717) is 24.7 Å². The molecule has 0 aliphatic heterocycles. The van der Waals surface area contributed by atoms with E-state index in [1.54, 1.807) is 0 Å². The topological polar surface area (TPSA) is 101 Å². The molecule has 4 fully saturated rings. The van der Waals surface area contributed by atoms with Crippen molar-refractivity contribution in [1.82, 2.24) is 0 Å². The molecule has 5 heteroatoms. The highest BCUT2D eigenvalue weighted by molar-refractivity contribution is 5.17. The van der Waals surface area contributed by atoms with Crippen LogP contribution >= 0.6 is 0 Å². The molecule has 0 amide bonds. The fourth-order valence-corrected chi connectivity index (χ4v) is 8.10. The molecule has 0 spiro atoms. The van der Waals surface area contributed by atoms with E-state index < -0.39 is 29.8 Å². The Bertz CT molecular complexity index is 555. The van der Waals surface area contributed by atoms with Crippen LogP contribution in [0, 0.1) is 34.5 Å². The van der Waals surface area contributed by atoms with Gasteiger partial charge in [-0.3, -0.25) is 0 Å². The molecule has 5 nitrogen and oxygen atoms in total. The predicted molar refractivity (Wildman–Crippen MR) is 97.2 cm³/mol. The van der Waals surface area contributed by atoms with E-state index in [1.165, 1.54) is 0 Å². The average molecular weight is 369 g/mol. The normalized spacial score (nSPS) is 57.8.